The number of nitrogens with zero attached hydrogens (tertiary/aromatic N) is 2. The predicted molar refractivity (Wildman–Crippen MR) is 86.6 cm³/mol. The first-order chi connectivity index (χ1) is 9.80. The summed E-state index contributed by atoms with van der Waals surface area (Å²) in [5.74, 6) is 0.546. The van der Waals surface area contributed by atoms with Crippen LogP contribution in [0.15, 0.2) is 5.38 Å². The molecule has 2 heterocycles. The molecule has 1 spiro atoms. The van der Waals surface area contributed by atoms with Crippen LogP contribution in [0.3, 0.4) is 0 Å². The van der Waals surface area contributed by atoms with Crippen LogP contribution in [0.5, 0.6) is 0 Å². The molecule has 0 unspecified atom stereocenters. The summed E-state index contributed by atoms with van der Waals surface area (Å²) in [5.41, 5.74) is 1.79. The van der Waals surface area contributed by atoms with Gasteiger partial charge in [-0.25, -0.2) is 4.98 Å². The Hall–Kier alpha value is -0.120. The summed E-state index contributed by atoms with van der Waals surface area (Å²) >= 11 is 7.55. The molecule has 2 fully saturated rings. The molecule has 0 radical (unpaired) electrons. The number of likely N-dealkylation sites (tertiary alicyclic amines) is 1. The van der Waals surface area contributed by atoms with Crippen molar-refractivity contribution in [3.8, 4) is 0 Å². The predicted octanol–water partition coefficient (Wildman–Crippen LogP) is 4.47. The van der Waals surface area contributed by atoms with Gasteiger partial charge in [0.2, 0.25) is 0 Å². The van der Waals surface area contributed by atoms with Crippen molar-refractivity contribution in [3.63, 3.8) is 0 Å². The lowest BCUT2D eigenvalue weighted by Gasteiger charge is -2.39. The van der Waals surface area contributed by atoms with Gasteiger partial charge >= 0.3 is 0 Å². The Balaban J connectivity index is 1.37. The first-order valence-corrected chi connectivity index (χ1v) is 9.43. The number of aryl methyl sites for hydroxylation is 1. The molecule has 1 saturated carbocycles. The van der Waals surface area contributed by atoms with E-state index in [4.69, 9.17) is 11.6 Å². The summed E-state index contributed by atoms with van der Waals surface area (Å²) in [6, 6.07) is 0. The maximum Gasteiger partial charge on any atom is 0.0929 e. The van der Waals surface area contributed by atoms with E-state index in [0.29, 0.717) is 5.88 Å². The Morgan fingerprint density at radius 2 is 1.95 bits per heavy atom. The van der Waals surface area contributed by atoms with E-state index in [1.54, 1.807) is 11.3 Å². The van der Waals surface area contributed by atoms with Gasteiger partial charge in [-0.15, -0.1) is 22.9 Å². The summed E-state index contributed by atoms with van der Waals surface area (Å²) in [4.78, 5) is 7.20. The number of hydrogen-bond donors (Lipinski definition) is 0. The third kappa shape index (κ3) is 3.55. The minimum Gasteiger partial charge on any atom is -0.303 e. The monoisotopic (exact) mass is 312 g/mol. The summed E-state index contributed by atoms with van der Waals surface area (Å²) in [5, 5.41) is 3.34. The largest absolute Gasteiger partial charge is 0.303 e. The molecule has 20 heavy (non-hydrogen) atoms. The highest BCUT2D eigenvalue weighted by molar-refractivity contribution is 7.09. The zero-order valence-electron chi connectivity index (χ0n) is 12.2. The van der Waals surface area contributed by atoms with Crippen molar-refractivity contribution in [2.45, 2.75) is 57.2 Å². The van der Waals surface area contributed by atoms with E-state index < -0.39 is 0 Å². The third-order valence-corrected chi connectivity index (χ3v) is 6.41. The molecule has 3 rings (SSSR count). The Kier molecular flexibility index (Phi) is 5.00. The molecular weight excluding hydrogens is 288 g/mol. The lowest BCUT2D eigenvalue weighted by molar-refractivity contribution is 0.108. The van der Waals surface area contributed by atoms with Crippen LogP contribution in [0.4, 0.5) is 0 Å². The maximum atomic E-state index is 5.79. The highest BCUT2D eigenvalue weighted by Gasteiger charge is 2.36. The molecule has 2 aliphatic rings. The van der Waals surface area contributed by atoms with Crippen molar-refractivity contribution in [1.82, 2.24) is 9.88 Å². The first-order valence-electron chi connectivity index (χ1n) is 8.01. The highest BCUT2D eigenvalue weighted by atomic mass is 35.5. The number of hydrogen-bond acceptors (Lipinski definition) is 3. The van der Waals surface area contributed by atoms with Gasteiger partial charge in [0.1, 0.15) is 0 Å². The molecule has 2 nitrogen and oxygen atoms in total. The number of aromatic nitrogens is 1. The zero-order chi connectivity index (χ0) is 13.8. The number of alkyl halides is 1. The fourth-order valence-corrected chi connectivity index (χ4v) is 4.92. The topological polar surface area (TPSA) is 16.1 Å². The van der Waals surface area contributed by atoms with Crippen molar-refractivity contribution in [1.29, 1.82) is 0 Å². The van der Waals surface area contributed by atoms with E-state index in [2.05, 4.69) is 15.3 Å². The van der Waals surface area contributed by atoms with Gasteiger partial charge in [-0.3, -0.25) is 0 Å². The standard InChI is InChI=1S/C16H25ClN2S/c17-12-14-13-20-15(18-14)4-3-9-19-10-7-16(8-11-19)5-1-2-6-16/h13H,1-12H2. The van der Waals surface area contributed by atoms with Crippen molar-refractivity contribution < 1.29 is 0 Å². The van der Waals surface area contributed by atoms with Crippen molar-refractivity contribution in [2.24, 2.45) is 5.41 Å². The van der Waals surface area contributed by atoms with Gasteiger partial charge in [-0.05, 0) is 57.2 Å². The minimum atomic E-state index is 0.546. The molecule has 1 aromatic heterocycles. The Morgan fingerprint density at radius 1 is 1.20 bits per heavy atom. The molecule has 0 aromatic carbocycles. The molecule has 4 heteroatoms. The molecule has 1 aliphatic heterocycles. The van der Waals surface area contributed by atoms with Crippen LogP contribution >= 0.6 is 22.9 Å². The molecule has 1 aromatic rings. The Morgan fingerprint density at radius 3 is 2.60 bits per heavy atom. The molecule has 0 atom stereocenters. The average Bonchev–Trinajstić information content (AvgIpc) is 3.11. The van der Waals surface area contributed by atoms with Crippen LogP contribution in [0.2, 0.25) is 0 Å². The van der Waals surface area contributed by atoms with Crippen molar-refractivity contribution in [2.75, 3.05) is 19.6 Å². The molecule has 1 saturated heterocycles. The van der Waals surface area contributed by atoms with Crippen LogP contribution in [-0.4, -0.2) is 29.5 Å². The molecule has 0 bridgehead atoms. The van der Waals surface area contributed by atoms with Gasteiger partial charge in [0, 0.05) is 11.8 Å². The molecule has 1 aliphatic carbocycles. The summed E-state index contributed by atoms with van der Waals surface area (Å²) < 4.78 is 0. The van der Waals surface area contributed by atoms with E-state index in [1.807, 2.05) is 0 Å². The van der Waals surface area contributed by atoms with Crippen LogP contribution in [0.1, 0.15) is 55.6 Å². The van der Waals surface area contributed by atoms with E-state index >= 15 is 0 Å². The van der Waals surface area contributed by atoms with Crippen molar-refractivity contribution >= 4 is 22.9 Å². The SMILES string of the molecule is ClCc1csc(CCCN2CCC3(CCCC3)CC2)n1. The number of rotatable bonds is 5. The molecular formula is C16H25ClN2S. The molecule has 0 N–H and O–H groups in total. The number of thiazole rings is 1. The van der Waals surface area contributed by atoms with Gasteiger partial charge in [0.05, 0.1) is 16.6 Å². The van der Waals surface area contributed by atoms with Gasteiger partial charge in [-0.1, -0.05) is 12.8 Å². The van der Waals surface area contributed by atoms with Crippen LogP contribution in [-0.2, 0) is 12.3 Å². The second kappa shape index (κ2) is 6.76. The first kappa shape index (κ1) is 14.8. The summed E-state index contributed by atoms with van der Waals surface area (Å²) in [6.07, 6.45) is 11.2. The maximum absolute atomic E-state index is 5.79. The number of halogens is 1. The Labute approximate surface area is 131 Å². The lowest BCUT2D eigenvalue weighted by Crippen LogP contribution is -2.39. The summed E-state index contributed by atoms with van der Waals surface area (Å²) in [7, 11) is 0. The van der Waals surface area contributed by atoms with Gasteiger partial charge in [0.25, 0.3) is 0 Å². The highest BCUT2D eigenvalue weighted by Crippen LogP contribution is 2.46. The fourth-order valence-electron chi connectivity index (χ4n) is 3.85. The fraction of sp³-hybridized carbons (Fsp3) is 0.812. The molecule has 112 valence electrons. The van der Waals surface area contributed by atoms with Crippen LogP contribution < -0.4 is 0 Å². The third-order valence-electron chi connectivity index (χ3n) is 5.18. The number of piperidine rings is 1. The van der Waals surface area contributed by atoms with Crippen LogP contribution in [0, 0.1) is 5.41 Å². The van der Waals surface area contributed by atoms with Gasteiger partial charge < -0.3 is 4.90 Å². The second-order valence-electron chi connectivity index (χ2n) is 6.52. The van der Waals surface area contributed by atoms with E-state index in [-0.39, 0.29) is 0 Å². The zero-order valence-corrected chi connectivity index (χ0v) is 13.8. The average molecular weight is 313 g/mol. The quantitative estimate of drug-likeness (QED) is 0.746. The molecule has 0 amide bonds. The smallest absolute Gasteiger partial charge is 0.0929 e. The normalized spacial score (nSPS) is 22.6. The van der Waals surface area contributed by atoms with E-state index in [0.717, 1.165) is 17.5 Å². The minimum absolute atomic E-state index is 0.546. The summed E-state index contributed by atoms with van der Waals surface area (Å²) in [6.45, 7) is 3.89. The second-order valence-corrected chi connectivity index (χ2v) is 7.73. The van der Waals surface area contributed by atoms with Gasteiger partial charge in [-0.2, -0.15) is 0 Å². The van der Waals surface area contributed by atoms with Crippen LogP contribution in [0.25, 0.3) is 0 Å². The van der Waals surface area contributed by atoms with Gasteiger partial charge in [0.15, 0.2) is 0 Å². The van der Waals surface area contributed by atoms with E-state index in [1.165, 1.54) is 69.6 Å². The Bertz CT molecular complexity index is 416. The lowest BCUT2D eigenvalue weighted by atomic mass is 9.77. The van der Waals surface area contributed by atoms with E-state index in [9.17, 15) is 0 Å². The van der Waals surface area contributed by atoms with Crippen molar-refractivity contribution in [3.05, 3.63) is 16.1 Å².